The Labute approximate surface area is 171 Å². The molecule has 1 aromatic carbocycles. The minimum Gasteiger partial charge on any atom is -0.480 e. The molecule has 1 aliphatic rings. The fourth-order valence-corrected chi connectivity index (χ4v) is 3.23. The van der Waals surface area contributed by atoms with E-state index in [-0.39, 0.29) is 17.9 Å². The van der Waals surface area contributed by atoms with Gasteiger partial charge in [0.25, 0.3) is 5.91 Å². The van der Waals surface area contributed by atoms with Crippen molar-refractivity contribution in [3.63, 3.8) is 0 Å². The van der Waals surface area contributed by atoms with Crippen LogP contribution >= 0.6 is 15.9 Å². The van der Waals surface area contributed by atoms with Gasteiger partial charge < -0.3 is 20.3 Å². The number of ether oxygens (including phenoxy) is 1. The van der Waals surface area contributed by atoms with Gasteiger partial charge in [0.15, 0.2) is 0 Å². The van der Waals surface area contributed by atoms with E-state index in [2.05, 4.69) is 43.1 Å². The summed E-state index contributed by atoms with van der Waals surface area (Å²) < 4.78 is 5.85. The smallest absolute Gasteiger partial charge is 0.253 e. The molecule has 2 amide bonds. The lowest BCUT2D eigenvalue weighted by molar-refractivity contribution is -0.111. The first kappa shape index (κ1) is 19.8. The number of nitrogens with zero attached hydrogens (tertiary/aromatic N) is 3. The molecule has 1 saturated heterocycles. The van der Waals surface area contributed by atoms with Gasteiger partial charge in [-0.1, -0.05) is 6.58 Å². The molecule has 1 aliphatic heterocycles. The fraction of sp³-hybridized carbons (Fsp3) is 0.263. The van der Waals surface area contributed by atoms with E-state index >= 15 is 0 Å². The van der Waals surface area contributed by atoms with E-state index in [0.29, 0.717) is 40.6 Å². The third-order valence-electron chi connectivity index (χ3n) is 4.30. The second-order valence-corrected chi connectivity index (χ2v) is 7.06. The summed E-state index contributed by atoms with van der Waals surface area (Å²) in [5.74, 6) is 0.563. The van der Waals surface area contributed by atoms with Gasteiger partial charge in [0.2, 0.25) is 17.7 Å². The van der Waals surface area contributed by atoms with E-state index in [0.717, 1.165) is 6.42 Å². The van der Waals surface area contributed by atoms with Crippen LogP contribution in [0.3, 0.4) is 0 Å². The third kappa shape index (κ3) is 4.66. The maximum atomic E-state index is 12.7. The second-order valence-electron chi connectivity index (χ2n) is 6.20. The largest absolute Gasteiger partial charge is 0.480 e. The summed E-state index contributed by atoms with van der Waals surface area (Å²) in [7, 11) is 1.54. The van der Waals surface area contributed by atoms with Gasteiger partial charge in [0, 0.05) is 30.4 Å². The number of carbonyl (C=O) groups excluding carboxylic acids is 2. The highest BCUT2D eigenvalue weighted by Crippen LogP contribution is 2.23. The maximum absolute atomic E-state index is 12.7. The summed E-state index contributed by atoms with van der Waals surface area (Å²) in [4.78, 5) is 34.3. The number of carbonyl (C=O) groups is 2. The van der Waals surface area contributed by atoms with Gasteiger partial charge in [-0.2, -0.15) is 4.98 Å². The van der Waals surface area contributed by atoms with Crippen LogP contribution in [-0.4, -0.2) is 52.9 Å². The van der Waals surface area contributed by atoms with E-state index in [4.69, 9.17) is 4.74 Å². The first-order valence-electron chi connectivity index (χ1n) is 8.66. The number of methoxy groups -OCH3 is 1. The molecule has 0 bridgehead atoms. The lowest BCUT2D eigenvalue weighted by Gasteiger charge is -2.17. The highest BCUT2D eigenvalue weighted by atomic mass is 79.9. The molecule has 3 rings (SSSR count). The molecule has 2 aromatic rings. The average molecular weight is 446 g/mol. The Balaban J connectivity index is 1.59. The predicted molar refractivity (Wildman–Crippen MR) is 109 cm³/mol. The average Bonchev–Trinajstić information content (AvgIpc) is 3.17. The zero-order valence-electron chi connectivity index (χ0n) is 15.3. The fourth-order valence-electron chi connectivity index (χ4n) is 2.88. The normalized spacial score (nSPS) is 15.8. The van der Waals surface area contributed by atoms with Crippen LogP contribution in [0.15, 0.2) is 47.6 Å². The topological polar surface area (TPSA) is 96.5 Å². The number of aromatic nitrogens is 2. The summed E-state index contributed by atoms with van der Waals surface area (Å²) in [5.41, 5.74) is 1.18. The Bertz CT molecular complexity index is 888. The van der Waals surface area contributed by atoms with Gasteiger partial charge in [-0.3, -0.25) is 9.59 Å². The van der Waals surface area contributed by atoms with Gasteiger partial charge in [0.05, 0.1) is 17.8 Å². The SMILES string of the molecule is C=CC(=O)Nc1ccc(C(=O)N2CC[C@@H](Nc3ncc(Br)c(OC)n3)C2)cc1. The Morgan fingerprint density at radius 2 is 2.11 bits per heavy atom. The molecule has 0 saturated carbocycles. The molecule has 2 heterocycles. The van der Waals surface area contributed by atoms with Crippen LogP contribution < -0.4 is 15.4 Å². The Morgan fingerprint density at radius 3 is 2.79 bits per heavy atom. The molecule has 0 unspecified atom stereocenters. The van der Waals surface area contributed by atoms with Crippen LogP contribution in [0.25, 0.3) is 0 Å². The molecule has 1 aromatic heterocycles. The van der Waals surface area contributed by atoms with Crippen molar-refractivity contribution in [2.75, 3.05) is 30.8 Å². The van der Waals surface area contributed by atoms with Crippen molar-refractivity contribution in [2.45, 2.75) is 12.5 Å². The number of rotatable bonds is 6. The van der Waals surface area contributed by atoms with Crippen molar-refractivity contribution >= 4 is 39.4 Å². The molecular weight excluding hydrogens is 426 g/mol. The zero-order valence-corrected chi connectivity index (χ0v) is 16.9. The molecule has 2 N–H and O–H groups in total. The number of hydrogen-bond donors (Lipinski definition) is 2. The summed E-state index contributed by atoms with van der Waals surface area (Å²) in [6, 6.07) is 6.85. The molecular formula is C19H20BrN5O3. The van der Waals surface area contributed by atoms with Crippen LogP contribution in [0.2, 0.25) is 0 Å². The molecule has 0 spiro atoms. The number of nitrogens with one attached hydrogen (secondary N) is 2. The molecule has 0 radical (unpaired) electrons. The van der Waals surface area contributed by atoms with E-state index in [9.17, 15) is 9.59 Å². The Morgan fingerprint density at radius 1 is 1.36 bits per heavy atom. The van der Waals surface area contributed by atoms with Gasteiger partial charge in [-0.15, -0.1) is 0 Å². The first-order chi connectivity index (χ1) is 13.5. The molecule has 0 aliphatic carbocycles. The summed E-state index contributed by atoms with van der Waals surface area (Å²) in [5, 5.41) is 5.90. The van der Waals surface area contributed by atoms with Crippen molar-refractivity contribution in [2.24, 2.45) is 0 Å². The van der Waals surface area contributed by atoms with Gasteiger partial charge >= 0.3 is 0 Å². The molecule has 28 heavy (non-hydrogen) atoms. The van der Waals surface area contributed by atoms with Gasteiger partial charge in [-0.25, -0.2) is 4.98 Å². The van der Waals surface area contributed by atoms with Crippen LogP contribution in [0.4, 0.5) is 11.6 Å². The van der Waals surface area contributed by atoms with E-state index in [1.807, 2.05) is 0 Å². The van der Waals surface area contributed by atoms with E-state index < -0.39 is 0 Å². The molecule has 146 valence electrons. The van der Waals surface area contributed by atoms with E-state index in [1.165, 1.54) is 6.08 Å². The maximum Gasteiger partial charge on any atom is 0.253 e. The highest BCUT2D eigenvalue weighted by Gasteiger charge is 2.27. The van der Waals surface area contributed by atoms with Gasteiger partial charge in [0.1, 0.15) is 0 Å². The van der Waals surface area contributed by atoms with Gasteiger partial charge in [-0.05, 0) is 52.7 Å². The lowest BCUT2D eigenvalue weighted by atomic mass is 10.2. The molecule has 1 atom stereocenters. The molecule has 8 nitrogen and oxygen atoms in total. The van der Waals surface area contributed by atoms with Crippen molar-refractivity contribution in [1.82, 2.24) is 14.9 Å². The second kappa shape index (κ2) is 8.83. The van der Waals surface area contributed by atoms with Crippen LogP contribution in [0.1, 0.15) is 16.8 Å². The summed E-state index contributed by atoms with van der Waals surface area (Å²) in [6.07, 6.45) is 3.61. The number of halogens is 1. The lowest BCUT2D eigenvalue weighted by Crippen LogP contribution is -2.31. The Kier molecular flexibility index (Phi) is 6.25. The van der Waals surface area contributed by atoms with Crippen molar-refractivity contribution in [3.8, 4) is 5.88 Å². The van der Waals surface area contributed by atoms with Crippen LogP contribution in [0.5, 0.6) is 5.88 Å². The highest BCUT2D eigenvalue weighted by molar-refractivity contribution is 9.10. The number of anilines is 2. The number of amides is 2. The van der Waals surface area contributed by atoms with Crippen molar-refractivity contribution in [3.05, 3.63) is 53.2 Å². The summed E-state index contributed by atoms with van der Waals surface area (Å²) in [6.45, 7) is 4.60. The standard InChI is InChI=1S/C19H20BrN5O3/c1-3-16(26)22-13-6-4-12(5-7-13)18(27)25-9-8-14(11-25)23-19-21-10-15(20)17(24-19)28-2/h3-7,10,14H,1,8-9,11H2,2H3,(H,22,26)(H,21,23,24)/t14-/m1/s1. The van der Waals surface area contributed by atoms with Crippen LogP contribution in [0, 0.1) is 0 Å². The Hall–Kier alpha value is -2.94. The number of benzene rings is 1. The quantitative estimate of drug-likeness (QED) is 0.663. The molecule has 1 fully saturated rings. The van der Waals surface area contributed by atoms with Crippen LogP contribution in [-0.2, 0) is 4.79 Å². The zero-order chi connectivity index (χ0) is 20.1. The summed E-state index contributed by atoms with van der Waals surface area (Å²) >= 11 is 3.32. The molecule has 9 heteroatoms. The predicted octanol–water partition coefficient (Wildman–Crippen LogP) is 2.70. The monoisotopic (exact) mass is 445 g/mol. The number of hydrogen-bond acceptors (Lipinski definition) is 6. The van der Waals surface area contributed by atoms with E-state index in [1.54, 1.807) is 42.5 Å². The first-order valence-corrected chi connectivity index (χ1v) is 9.45. The minimum atomic E-state index is -0.292. The number of likely N-dealkylation sites (tertiary alicyclic amines) is 1. The minimum absolute atomic E-state index is 0.0554. The van der Waals surface area contributed by atoms with Crippen molar-refractivity contribution in [1.29, 1.82) is 0 Å². The third-order valence-corrected chi connectivity index (χ3v) is 4.84. The van der Waals surface area contributed by atoms with Crippen molar-refractivity contribution < 1.29 is 14.3 Å².